The number of rotatable bonds is 7. The molecule has 0 unspecified atom stereocenters. The molecule has 0 heterocycles. The summed E-state index contributed by atoms with van der Waals surface area (Å²) in [5, 5.41) is 0. The largest absolute Gasteiger partial charge is 0.493 e. The Morgan fingerprint density at radius 3 is 2.59 bits per heavy atom. The van der Waals surface area contributed by atoms with Crippen LogP contribution in [0.3, 0.4) is 0 Å². The second-order valence-corrected chi connectivity index (χ2v) is 6.04. The molecule has 2 nitrogen and oxygen atoms in total. The highest BCUT2D eigenvalue weighted by molar-refractivity contribution is 5.35. The molecule has 2 rings (SSSR count). The first kappa shape index (κ1) is 16.4. The Bertz CT molecular complexity index is 536. The molecule has 1 aliphatic carbocycles. The van der Waals surface area contributed by atoms with Crippen molar-refractivity contribution in [1.29, 1.82) is 0 Å². The topological polar surface area (TPSA) is 18.5 Å². The number of ether oxygens (including phenoxy) is 2. The molecule has 0 saturated heterocycles. The Balaban J connectivity index is 1.86. The Labute approximate surface area is 134 Å². The summed E-state index contributed by atoms with van der Waals surface area (Å²) in [5.41, 5.74) is 0.967. The third kappa shape index (κ3) is 5.80. The van der Waals surface area contributed by atoms with Crippen LogP contribution in [-0.4, -0.2) is 6.61 Å². The van der Waals surface area contributed by atoms with Crippen LogP contribution in [-0.2, 0) is 0 Å². The molecule has 22 heavy (non-hydrogen) atoms. The lowest BCUT2D eigenvalue weighted by Crippen LogP contribution is -2.15. The van der Waals surface area contributed by atoms with Gasteiger partial charge in [-0.15, -0.1) is 0 Å². The minimum atomic E-state index is 0.590. The van der Waals surface area contributed by atoms with Crippen LogP contribution in [0.15, 0.2) is 60.9 Å². The molecular formula is C20H26O2. The van der Waals surface area contributed by atoms with Gasteiger partial charge >= 0.3 is 0 Å². The monoisotopic (exact) mass is 298 g/mol. The van der Waals surface area contributed by atoms with Crippen LogP contribution in [0, 0.1) is 5.92 Å². The van der Waals surface area contributed by atoms with Crippen molar-refractivity contribution < 1.29 is 9.47 Å². The van der Waals surface area contributed by atoms with E-state index in [4.69, 9.17) is 9.47 Å². The quantitative estimate of drug-likeness (QED) is 0.477. The van der Waals surface area contributed by atoms with Crippen LogP contribution in [0.4, 0.5) is 0 Å². The van der Waals surface area contributed by atoms with Gasteiger partial charge in [0.05, 0.1) is 6.61 Å². The van der Waals surface area contributed by atoms with E-state index in [2.05, 4.69) is 13.2 Å². The maximum atomic E-state index is 5.92. The van der Waals surface area contributed by atoms with Gasteiger partial charge in [0, 0.05) is 6.07 Å². The molecule has 0 spiro atoms. The summed E-state index contributed by atoms with van der Waals surface area (Å²) in [7, 11) is 0. The standard InChI is InChI=1S/C20H26O2/c1-16(2)12-13-17(3)22-20-11-7-10-19(14-20)21-15-18-8-5-4-6-9-18/h7,10-14,18H,1,3-6,8-9,15H2,2H3/b13-12-. The zero-order valence-corrected chi connectivity index (χ0v) is 13.5. The van der Waals surface area contributed by atoms with Gasteiger partial charge in [0.2, 0.25) is 0 Å². The second-order valence-electron chi connectivity index (χ2n) is 6.04. The molecule has 0 amide bonds. The molecule has 118 valence electrons. The minimum absolute atomic E-state index is 0.590. The van der Waals surface area contributed by atoms with E-state index >= 15 is 0 Å². The minimum Gasteiger partial charge on any atom is -0.493 e. The predicted molar refractivity (Wildman–Crippen MR) is 92.2 cm³/mol. The van der Waals surface area contributed by atoms with Gasteiger partial charge in [-0.1, -0.05) is 50.1 Å². The Morgan fingerprint density at radius 1 is 1.14 bits per heavy atom. The number of hydrogen-bond donors (Lipinski definition) is 0. The summed E-state index contributed by atoms with van der Waals surface area (Å²) in [6, 6.07) is 7.75. The highest BCUT2D eigenvalue weighted by atomic mass is 16.5. The molecule has 1 aliphatic rings. The molecule has 1 saturated carbocycles. The molecular weight excluding hydrogens is 272 g/mol. The van der Waals surface area contributed by atoms with E-state index in [1.54, 1.807) is 0 Å². The van der Waals surface area contributed by atoms with Crippen molar-refractivity contribution >= 4 is 0 Å². The van der Waals surface area contributed by atoms with Crippen molar-refractivity contribution in [3.05, 3.63) is 60.9 Å². The Hall–Kier alpha value is -1.96. The first-order valence-corrected chi connectivity index (χ1v) is 8.06. The number of allylic oxidation sites excluding steroid dienone is 3. The summed E-state index contributed by atoms with van der Waals surface area (Å²) >= 11 is 0. The first-order valence-electron chi connectivity index (χ1n) is 8.06. The summed E-state index contributed by atoms with van der Waals surface area (Å²) in [6.07, 6.45) is 10.3. The molecule has 0 atom stereocenters. The molecule has 1 fully saturated rings. The molecule has 0 N–H and O–H groups in total. The van der Waals surface area contributed by atoms with E-state index in [-0.39, 0.29) is 0 Å². The fourth-order valence-corrected chi connectivity index (χ4v) is 2.62. The lowest BCUT2D eigenvalue weighted by Gasteiger charge is -2.21. The van der Waals surface area contributed by atoms with Crippen LogP contribution in [0.1, 0.15) is 39.0 Å². The summed E-state index contributed by atoms with van der Waals surface area (Å²) in [6.45, 7) is 10.4. The van der Waals surface area contributed by atoms with E-state index in [0.717, 1.165) is 23.7 Å². The molecule has 0 radical (unpaired) electrons. The van der Waals surface area contributed by atoms with Crippen LogP contribution in [0.25, 0.3) is 0 Å². The summed E-state index contributed by atoms with van der Waals surface area (Å²) < 4.78 is 11.6. The molecule has 1 aromatic rings. The molecule has 0 aromatic heterocycles. The van der Waals surface area contributed by atoms with Crippen LogP contribution < -0.4 is 9.47 Å². The zero-order valence-electron chi connectivity index (χ0n) is 13.5. The number of benzene rings is 1. The third-order valence-electron chi connectivity index (χ3n) is 3.82. The molecule has 0 aliphatic heterocycles. The van der Waals surface area contributed by atoms with Crippen molar-refractivity contribution in [2.45, 2.75) is 39.0 Å². The SMILES string of the molecule is C=C(C)/C=C\C(=C)Oc1cccc(OCC2CCCCC2)c1. The predicted octanol–water partition coefficient (Wildman–Crippen LogP) is 5.67. The van der Waals surface area contributed by atoms with E-state index in [1.807, 2.05) is 43.3 Å². The van der Waals surface area contributed by atoms with Crippen LogP contribution in [0.5, 0.6) is 11.5 Å². The Morgan fingerprint density at radius 2 is 1.86 bits per heavy atom. The lowest BCUT2D eigenvalue weighted by molar-refractivity contribution is 0.208. The van der Waals surface area contributed by atoms with Crippen molar-refractivity contribution in [2.24, 2.45) is 5.92 Å². The second kappa shape index (κ2) is 8.47. The van der Waals surface area contributed by atoms with Gasteiger partial charge in [-0.25, -0.2) is 0 Å². The van der Waals surface area contributed by atoms with Gasteiger partial charge < -0.3 is 9.47 Å². The van der Waals surface area contributed by atoms with Crippen molar-refractivity contribution in [2.75, 3.05) is 6.61 Å². The first-order chi connectivity index (χ1) is 10.6. The smallest absolute Gasteiger partial charge is 0.131 e. The number of hydrogen-bond acceptors (Lipinski definition) is 2. The molecule has 0 bridgehead atoms. The summed E-state index contributed by atoms with van der Waals surface area (Å²) in [5.74, 6) is 2.90. The van der Waals surface area contributed by atoms with Gasteiger partial charge in [0.1, 0.15) is 17.3 Å². The van der Waals surface area contributed by atoms with Gasteiger partial charge in [-0.3, -0.25) is 0 Å². The lowest BCUT2D eigenvalue weighted by atomic mass is 9.90. The highest BCUT2D eigenvalue weighted by Crippen LogP contribution is 2.26. The van der Waals surface area contributed by atoms with Gasteiger partial charge in [-0.2, -0.15) is 0 Å². The van der Waals surface area contributed by atoms with Crippen molar-refractivity contribution in [3.63, 3.8) is 0 Å². The van der Waals surface area contributed by atoms with Gasteiger partial charge in [0.15, 0.2) is 0 Å². The molecule has 1 aromatic carbocycles. The Kier molecular flexibility index (Phi) is 6.32. The van der Waals surface area contributed by atoms with Crippen LogP contribution in [0.2, 0.25) is 0 Å². The van der Waals surface area contributed by atoms with Crippen molar-refractivity contribution in [1.82, 2.24) is 0 Å². The van der Waals surface area contributed by atoms with E-state index < -0.39 is 0 Å². The fourth-order valence-electron chi connectivity index (χ4n) is 2.62. The van der Waals surface area contributed by atoms with Crippen LogP contribution >= 0.6 is 0 Å². The van der Waals surface area contributed by atoms with Crippen molar-refractivity contribution in [3.8, 4) is 11.5 Å². The zero-order chi connectivity index (χ0) is 15.8. The van der Waals surface area contributed by atoms with E-state index in [1.165, 1.54) is 32.1 Å². The molecule has 2 heteroatoms. The highest BCUT2D eigenvalue weighted by Gasteiger charge is 2.14. The van der Waals surface area contributed by atoms with E-state index in [0.29, 0.717) is 11.7 Å². The third-order valence-corrected chi connectivity index (χ3v) is 3.82. The normalized spacial score (nSPS) is 15.7. The van der Waals surface area contributed by atoms with E-state index in [9.17, 15) is 0 Å². The van der Waals surface area contributed by atoms with Gasteiger partial charge in [0.25, 0.3) is 0 Å². The summed E-state index contributed by atoms with van der Waals surface area (Å²) in [4.78, 5) is 0. The van der Waals surface area contributed by atoms with Gasteiger partial charge in [-0.05, 0) is 43.9 Å². The average Bonchev–Trinajstić information content (AvgIpc) is 2.52. The maximum Gasteiger partial charge on any atom is 0.131 e. The fraction of sp³-hybridized carbons (Fsp3) is 0.400. The average molecular weight is 298 g/mol. The maximum absolute atomic E-state index is 5.92.